The summed E-state index contributed by atoms with van der Waals surface area (Å²) in [5.74, 6) is 0. The molecule has 1 aliphatic heterocycles. The zero-order chi connectivity index (χ0) is 14.6. The van der Waals surface area contributed by atoms with E-state index in [9.17, 15) is 13.2 Å². The second-order valence-corrected chi connectivity index (χ2v) is 4.78. The summed E-state index contributed by atoms with van der Waals surface area (Å²) in [6, 6.07) is 7.12. The zero-order valence-corrected chi connectivity index (χ0v) is 13.4. The van der Waals surface area contributed by atoms with Crippen LogP contribution in [0.5, 0.6) is 0 Å². The summed E-state index contributed by atoms with van der Waals surface area (Å²) in [5, 5.41) is 12.2. The van der Waals surface area contributed by atoms with Crippen molar-refractivity contribution in [3.05, 3.63) is 35.4 Å². The molecular formula is C14H18Cl2F3N3. The molecule has 3 nitrogen and oxygen atoms in total. The third kappa shape index (κ3) is 5.33. The van der Waals surface area contributed by atoms with Crippen LogP contribution in [0.2, 0.25) is 0 Å². The number of rotatable bonds is 3. The second kappa shape index (κ2) is 9.21. The Bertz CT molecular complexity index is 480. The van der Waals surface area contributed by atoms with E-state index in [0.717, 1.165) is 43.9 Å². The summed E-state index contributed by atoms with van der Waals surface area (Å²) < 4.78 is 37.7. The van der Waals surface area contributed by atoms with E-state index in [-0.39, 0.29) is 37.3 Å². The van der Waals surface area contributed by atoms with E-state index < -0.39 is 11.7 Å². The Morgan fingerprint density at radius 2 is 1.68 bits per heavy atom. The maximum Gasteiger partial charge on any atom is 0.416 e. The van der Waals surface area contributed by atoms with Crippen molar-refractivity contribution in [3.63, 3.8) is 0 Å². The molecule has 1 N–H and O–H groups in total. The molecule has 1 heterocycles. The number of benzene rings is 1. The average Bonchev–Trinajstić information content (AvgIpc) is 2.45. The molecule has 1 saturated heterocycles. The van der Waals surface area contributed by atoms with Crippen LogP contribution in [-0.4, -0.2) is 31.1 Å². The summed E-state index contributed by atoms with van der Waals surface area (Å²) in [5.41, 5.74) is 0.110. The van der Waals surface area contributed by atoms with Gasteiger partial charge in [-0.2, -0.15) is 18.4 Å². The summed E-state index contributed by atoms with van der Waals surface area (Å²) in [6.07, 6.45) is -4.04. The molecule has 0 amide bonds. The van der Waals surface area contributed by atoms with Crippen LogP contribution >= 0.6 is 24.8 Å². The van der Waals surface area contributed by atoms with E-state index in [1.165, 1.54) is 12.1 Å². The molecule has 0 aromatic heterocycles. The Kier molecular flexibility index (Phi) is 8.79. The lowest BCUT2D eigenvalue weighted by Gasteiger charge is -2.34. The number of halogens is 5. The molecule has 22 heavy (non-hydrogen) atoms. The van der Waals surface area contributed by atoms with Gasteiger partial charge in [0.25, 0.3) is 0 Å². The van der Waals surface area contributed by atoms with E-state index in [2.05, 4.69) is 16.3 Å². The highest BCUT2D eigenvalue weighted by molar-refractivity contribution is 5.85. The molecular weight excluding hydrogens is 338 g/mol. The van der Waals surface area contributed by atoms with Crippen LogP contribution in [0.1, 0.15) is 23.6 Å². The van der Waals surface area contributed by atoms with Crippen molar-refractivity contribution in [3.8, 4) is 6.07 Å². The largest absolute Gasteiger partial charge is 0.416 e. The molecule has 0 spiro atoms. The highest BCUT2D eigenvalue weighted by Crippen LogP contribution is 2.31. The van der Waals surface area contributed by atoms with Crippen LogP contribution in [0.25, 0.3) is 0 Å². The van der Waals surface area contributed by atoms with Gasteiger partial charge in [-0.05, 0) is 17.7 Å². The van der Waals surface area contributed by atoms with Crippen molar-refractivity contribution in [2.24, 2.45) is 0 Å². The molecule has 124 valence electrons. The summed E-state index contributed by atoms with van der Waals surface area (Å²) in [7, 11) is 0. The summed E-state index contributed by atoms with van der Waals surface area (Å²) in [6.45, 7) is 3.27. The minimum absolute atomic E-state index is 0. The normalized spacial score (nSPS) is 16.8. The molecule has 0 aliphatic carbocycles. The van der Waals surface area contributed by atoms with E-state index in [1.807, 2.05) is 0 Å². The fourth-order valence-corrected chi connectivity index (χ4v) is 2.43. The molecule has 1 aromatic rings. The lowest BCUT2D eigenvalue weighted by atomic mass is 10.00. The van der Waals surface area contributed by atoms with Gasteiger partial charge in [0.05, 0.1) is 18.1 Å². The molecule has 0 saturated carbocycles. The highest BCUT2D eigenvalue weighted by Gasteiger charge is 2.30. The molecule has 1 aromatic carbocycles. The van der Waals surface area contributed by atoms with Crippen molar-refractivity contribution in [2.45, 2.75) is 18.6 Å². The van der Waals surface area contributed by atoms with E-state index in [1.54, 1.807) is 0 Å². The number of alkyl halides is 3. The highest BCUT2D eigenvalue weighted by atomic mass is 35.5. The third-order valence-electron chi connectivity index (χ3n) is 3.50. The van der Waals surface area contributed by atoms with Crippen molar-refractivity contribution < 1.29 is 13.2 Å². The first-order chi connectivity index (χ1) is 9.52. The zero-order valence-electron chi connectivity index (χ0n) is 11.8. The Morgan fingerprint density at radius 3 is 2.14 bits per heavy atom. The lowest BCUT2D eigenvalue weighted by molar-refractivity contribution is -0.137. The van der Waals surface area contributed by atoms with Crippen LogP contribution in [0.3, 0.4) is 0 Å². The predicted octanol–water partition coefficient (Wildman–Crippen LogP) is 3.41. The van der Waals surface area contributed by atoms with Gasteiger partial charge in [-0.25, -0.2) is 0 Å². The standard InChI is InChI=1S/C14H16F3N3.2ClH/c15-14(16,17)12-3-1-11(2-4-12)13(5-6-18)20-9-7-19-8-10-20;;/h1-4,13,19H,5,7-10H2;2*1H/t13-;;/m1../s1. The van der Waals surface area contributed by atoms with Gasteiger partial charge in [-0.1, -0.05) is 12.1 Å². The van der Waals surface area contributed by atoms with Gasteiger partial charge in [0.1, 0.15) is 0 Å². The quantitative estimate of drug-likeness (QED) is 0.902. The van der Waals surface area contributed by atoms with Crippen LogP contribution in [0.4, 0.5) is 13.2 Å². The minimum atomic E-state index is -4.32. The average molecular weight is 356 g/mol. The monoisotopic (exact) mass is 355 g/mol. The van der Waals surface area contributed by atoms with Gasteiger partial charge < -0.3 is 5.32 Å². The predicted molar refractivity (Wildman–Crippen MR) is 83.4 cm³/mol. The topological polar surface area (TPSA) is 39.1 Å². The van der Waals surface area contributed by atoms with Crippen molar-refractivity contribution >= 4 is 24.8 Å². The number of piperazine rings is 1. The first-order valence-electron chi connectivity index (χ1n) is 6.51. The van der Waals surface area contributed by atoms with Crippen LogP contribution in [0, 0.1) is 11.3 Å². The maximum absolute atomic E-state index is 12.6. The smallest absolute Gasteiger partial charge is 0.314 e. The Hall–Kier alpha value is -1.00. The summed E-state index contributed by atoms with van der Waals surface area (Å²) >= 11 is 0. The summed E-state index contributed by atoms with van der Waals surface area (Å²) in [4.78, 5) is 2.14. The molecule has 2 rings (SSSR count). The van der Waals surface area contributed by atoms with Gasteiger partial charge in [0.2, 0.25) is 0 Å². The third-order valence-corrected chi connectivity index (χ3v) is 3.50. The van der Waals surface area contributed by atoms with Crippen molar-refractivity contribution in [1.29, 1.82) is 5.26 Å². The van der Waals surface area contributed by atoms with Crippen LogP contribution < -0.4 is 5.32 Å². The fraction of sp³-hybridized carbons (Fsp3) is 0.500. The molecule has 8 heteroatoms. The lowest BCUT2D eigenvalue weighted by Crippen LogP contribution is -2.45. The first kappa shape index (κ1) is 21.0. The molecule has 1 atom stereocenters. The van der Waals surface area contributed by atoms with E-state index >= 15 is 0 Å². The van der Waals surface area contributed by atoms with Gasteiger partial charge in [-0.15, -0.1) is 24.8 Å². The number of nitriles is 1. The number of nitrogens with one attached hydrogen (secondary N) is 1. The van der Waals surface area contributed by atoms with Gasteiger partial charge in [0, 0.05) is 32.2 Å². The van der Waals surface area contributed by atoms with Crippen LogP contribution in [0.15, 0.2) is 24.3 Å². The number of hydrogen-bond donors (Lipinski definition) is 1. The first-order valence-corrected chi connectivity index (χ1v) is 6.51. The molecule has 0 bridgehead atoms. The van der Waals surface area contributed by atoms with E-state index in [4.69, 9.17) is 5.26 Å². The number of nitrogens with zero attached hydrogens (tertiary/aromatic N) is 2. The van der Waals surface area contributed by atoms with Crippen molar-refractivity contribution in [2.75, 3.05) is 26.2 Å². The molecule has 1 aliphatic rings. The number of hydrogen-bond acceptors (Lipinski definition) is 3. The minimum Gasteiger partial charge on any atom is -0.314 e. The molecule has 1 fully saturated rings. The molecule has 0 radical (unpaired) electrons. The SMILES string of the molecule is Cl.Cl.N#CC[C@H](c1ccc(C(F)(F)F)cc1)N1CCNCC1. The maximum atomic E-state index is 12.6. The Balaban J connectivity index is 0.00000220. The molecule has 0 unspecified atom stereocenters. The van der Waals surface area contributed by atoms with Crippen LogP contribution in [-0.2, 0) is 6.18 Å². The van der Waals surface area contributed by atoms with E-state index in [0.29, 0.717) is 0 Å². The van der Waals surface area contributed by atoms with Gasteiger partial charge in [-0.3, -0.25) is 4.90 Å². The Labute approximate surface area is 140 Å². The van der Waals surface area contributed by atoms with Gasteiger partial charge in [0.15, 0.2) is 0 Å². The van der Waals surface area contributed by atoms with Gasteiger partial charge >= 0.3 is 6.18 Å². The Morgan fingerprint density at radius 1 is 1.14 bits per heavy atom. The van der Waals surface area contributed by atoms with Crippen molar-refractivity contribution in [1.82, 2.24) is 10.2 Å². The second-order valence-electron chi connectivity index (χ2n) is 4.78. The fourth-order valence-electron chi connectivity index (χ4n) is 2.43.